The van der Waals surface area contributed by atoms with Crippen LogP contribution in [0.3, 0.4) is 0 Å². The zero-order valence-electron chi connectivity index (χ0n) is 9.95. The Morgan fingerprint density at radius 1 is 1.38 bits per heavy atom. The van der Waals surface area contributed by atoms with Gasteiger partial charge in [0.25, 0.3) is 0 Å². The highest BCUT2D eigenvalue weighted by Crippen LogP contribution is 2.32. The summed E-state index contributed by atoms with van der Waals surface area (Å²) in [6.45, 7) is 2.18. The molecule has 0 radical (unpaired) electrons. The summed E-state index contributed by atoms with van der Waals surface area (Å²) in [5.74, 6) is 0. The fraction of sp³-hybridized carbons (Fsp3) is 0.467. The molecule has 1 heteroatoms. The number of hydrogen-bond acceptors (Lipinski definition) is 1. The molecule has 0 aromatic heterocycles. The third kappa shape index (κ3) is 2.35. The minimum atomic E-state index is -0.720. The smallest absolute Gasteiger partial charge is 0.108 e. The monoisotopic (exact) mass is 216 g/mol. The summed E-state index contributed by atoms with van der Waals surface area (Å²) in [5, 5.41) is 10.5. The van der Waals surface area contributed by atoms with Gasteiger partial charge in [0.1, 0.15) is 5.60 Å². The van der Waals surface area contributed by atoms with Crippen LogP contribution in [-0.2, 0) is 12.0 Å². The van der Waals surface area contributed by atoms with E-state index in [1.165, 1.54) is 5.56 Å². The molecule has 1 aromatic rings. The van der Waals surface area contributed by atoms with E-state index >= 15 is 0 Å². The molecule has 0 amide bonds. The van der Waals surface area contributed by atoms with E-state index in [1.54, 1.807) is 0 Å². The molecule has 1 N–H and O–H groups in total. The zero-order chi connectivity index (χ0) is 11.4. The lowest BCUT2D eigenvalue weighted by atomic mass is 9.84. The first kappa shape index (κ1) is 11.4. The summed E-state index contributed by atoms with van der Waals surface area (Å²) in [6.07, 6.45) is 9.31. The summed E-state index contributed by atoms with van der Waals surface area (Å²) in [4.78, 5) is 0. The van der Waals surface area contributed by atoms with Crippen molar-refractivity contribution in [2.45, 2.75) is 44.6 Å². The topological polar surface area (TPSA) is 20.2 Å². The normalized spacial score (nSPS) is 24.6. The van der Waals surface area contributed by atoms with Crippen molar-refractivity contribution in [2.24, 2.45) is 0 Å². The van der Waals surface area contributed by atoms with Crippen molar-refractivity contribution in [3.63, 3.8) is 0 Å². The van der Waals surface area contributed by atoms with Crippen molar-refractivity contribution in [1.29, 1.82) is 0 Å². The van der Waals surface area contributed by atoms with Gasteiger partial charge in [0, 0.05) is 0 Å². The van der Waals surface area contributed by atoms with Gasteiger partial charge in [-0.15, -0.1) is 0 Å². The summed E-state index contributed by atoms with van der Waals surface area (Å²) >= 11 is 0. The van der Waals surface area contributed by atoms with E-state index in [4.69, 9.17) is 0 Å². The predicted octanol–water partition coefficient (Wildman–Crippen LogP) is 3.57. The van der Waals surface area contributed by atoms with Gasteiger partial charge in [-0.2, -0.15) is 0 Å². The van der Waals surface area contributed by atoms with Crippen LogP contribution in [0.1, 0.15) is 43.7 Å². The van der Waals surface area contributed by atoms with Gasteiger partial charge in [0.2, 0.25) is 0 Å². The van der Waals surface area contributed by atoms with Gasteiger partial charge in [-0.05, 0) is 36.8 Å². The van der Waals surface area contributed by atoms with Crippen LogP contribution >= 0.6 is 0 Å². The second-order valence-electron chi connectivity index (χ2n) is 4.67. The van der Waals surface area contributed by atoms with E-state index in [1.807, 2.05) is 12.1 Å². The molecule has 1 aromatic carbocycles. The molecule has 1 aliphatic carbocycles. The third-order valence-corrected chi connectivity index (χ3v) is 3.29. The summed E-state index contributed by atoms with van der Waals surface area (Å²) in [7, 11) is 0. The van der Waals surface area contributed by atoms with E-state index in [9.17, 15) is 5.11 Å². The zero-order valence-corrected chi connectivity index (χ0v) is 9.95. The molecule has 0 aliphatic heterocycles. The van der Waals surface area contributed by atoms with Gasteiger partial charge in [-0.3, -0.25) is 0 Å². The number of benzene rings is 1. The molecule has 0 saturated carbocycles. The maximum Gasteiger partial charge on any atom is 0.108 e. The highest BCUT2D eigenvalue weighted by Gasteiger charge is 2.27. The SMILES string of the molecule is CCCc1cccc(C2(O)C=CCCC2)c1. The first-order chi connectivity index (χ1) is 7.74. The standard InChI is InChI=1S/C15H20O/c1-2-7-13-8-6-9-14(12-13)15(16)10-4-3-5-11-15/h4,6,8-10,12,16H,2-3,5,7,11H2,1H3. The largest absolute Gasteiger partial charge is 0.381 e. The van der Waals surface area contributed by atoms with Crippen LogP contribution in [0.4, 0.5) is 0 Å². The molecule has 16 heavy (non-hydrogen) atoms. The third-order valence-electron chi connectivity index (χ3n) is 3.29. The van der Waals surface area contributed by atoms with Crippen LogP contribution in [0.5, 0.6) is 0 Å². The van der Waals surface area contributed by atoms with E-state index in [0.29, 0.717) is 0 Å². The second-order valence-corrected chi connectivity index (χ2v) is 4.67. The Hall–Kier alpha value is -1.08. The highest BCUT2D eigenvalue weighted by atomic mass is 16.3. The molecule has 0 bridgehead atoms. The lowest BCUT2D eigenvalue weighted by molar-refractivity contribution is 0.0725. The number of aryl methyl sites for hydroxylation is 1. The van der Waals surface area contributed by atoms with Crippen molar-refractivity contribution in [1.82, 2.24) is 0 Å². The minimum Gasteiger partial charge on any atom is -0.381 e. The van der Waals surface area contributed by atoms with Crippen LogP contribution in [0, 0.1) is 0 Å². The van der Waals surface area contributed by atoms with Crippen molar-refractivity contribution >= 4 is 0 Å². The summed E-state index contributed by atoms with van der Waals surface area (Å²) in [5.41, 5.74) is 1.66. The van der Waals surface area contributed by atoms with Crippen LogP contribution in [0.25, 0.3) is 0 Å². The Morgan fingerprint density at radius 3 is 2.94 bits per heavy atom. The maximum absolute atomic E-state index is 10.5. The number of aliphatic hydroxyl groups is 1. The fourth-order valence-electron chi connectivity index (χ4n) is 2.38. The van der Waals surface area contributed by atoms with Gasteiger partial charge in [-0.25, -0.2) is 0 Å². The Kier molecular flexibility index (Phi) is 3.45. The molecular weight excluding hydrogens is 196 g/mol. The molecule has 0 fully saturated rings. The first-order valence-electron chi connectivity index (χ1n) is 6.24. The Labute approximate surface area is 97.8 Å². The van der Waals surface area contributed by atoms with Gasteiger partial charge < -0.3 is 5.11 Å². The molecule has 86 valence electrons. The van der Waals surface area contributed by atoms with Gasteiger partial charge in [0.15, 0.2) is 0 Å². The van der Waals surface area contributed by atoms with E-state index in [0.717, 1.165) is 37.7 Å². The lowest BCUT2D eigenvalue weighted by Crippen LogP contribution is -2.24. The van der Waals surface area contributed by atoms with Gasteiger partial charge in [-0.1, -0.05) is 49.8 Å². The Balaban J connectivity index is 2.28. The van der Waals surface area contributed by atoms with Crippen molar-refractivity contribution in [2.75, 3.05) is 0 Å². The van der Waals surface area contributed by atoms with Crippen LogP contribution in [-0.4, -0.2) is 5.11 Å². The van der Waals surface area contributed by atoms with Crippen molar-refractivity contribution in [3.05, 3.63) is 47.5 Å². The van der Waals surface area contributed by atoms with Gasteiger partial charge >= 0.3 is 0 Å². The summed E-state index contributed by atoms with van der Waals surface area (Å²) in [6, 6.07) is 8.39. The van der Waals surface area contributed by atoms with Gasteiger partial charge in [0.05, 0.1) is 0 Å². The predicted molar refractivity (Wildman–Crippen MR) is 67.3 cm³/mol. The molecule has 0 spiro atoms. The fourth-order valence-corrected chi connectivity index (χ4v) is 2.38. The average molecular weight is 216 g/mol. The average Bonchev–Trinajstić information content (AvgIpc) is 2.31. The molecule has 0 saturated heterocycles. The van der Waals surface area contributed by atoms with Crippen LogP contribution in [0.2, 0.25) is 0 Å². The molecule has 1 atom stereocenters. The van der Waals surface area contributed by atoms with E-state index < -0.39 is 5.60 Å². The summed E-state index contributed by atoms with van der Waals surface area (Å²) < 4.78 is 0. The van der Waals surface area contributed by atoms with Crippen LogP contribution in [0.15, 0.2) is 36.4 Å². The van der Waals surface area contributed by atoms with E-state index in [2.05, 4.69) is 31.2 Å². The lowest BCUT2D eigenvalue weighted by Gasteiger charge is -2.28. The molecule has 1 nitrogen and oxygen atoms in total. The maximum atomic E-state index is 10.5. The quantitative estimate of drug-likeness (QED) is 0.766. The molecule has 1 aliphatic rings. The molecule has 0 heterocycles. The number of rotatable bonds is 3. The second kappa shape index (κ2) is 4.84. The highest BCUT2D eigenvalue weighted by molar-refractivity contribution is 5.32. The van der Waals surface area contributed by atoms with Crippen molar-refractivity contribution < 1.29 is 5.11 Å². The Bertz CT molecular complexity index is 381. The van der Waals surface area contributed by atoms with Crippen molar-refractivity contribution in [3.8, 4) is 0 Å². The van der Waals surface area contributed by atoms with Crippen LogP contribution < -0.4 is 0 Å². The molecule has 1 unspecified atom stereocenters. The molecule has 2 rings (SSSR count). The number of hydrogen-bond donors (Lipinski definition) is 1. The first-order valence-corrected chi connectivity index (χ1v) is 6.24. The minimum absolute atomic E-state index is 0.720. The molecular formula is C15H20O. The van der Waals surface area contributed by atoms with E-state index in [-0.39, 0.29) is 0 Å². The number of allylic oxidation sites excluding steroid dienone is 1. The Morgan fingerprint density at radius 2 is 2.25 bits per heavy atom.